The average Bonchev–Trinajstić information content (AvgIpc) is 3.09. The number of benzene rings is 2. The van der Waals surface area contributed by atoms with Crippen LogP contribution in [0.4, 0.5) is 15.8 Å². The molecule has 1 amide bonds. The minimum absolute atomic E-state index is 0.0649. The zero-order valence-electron chi connectivity index (χ0n) is 17.9. The molecule has 2 aromatic heterocycles. The number of anilines is 2. The third-order valence-corrected chi connectivity index (χ3v) is 5.35. The lowest BCUT2D eigenvalue weighted by molar-refractivity contribution is 0.0163. The van der Waals surface area contributed by atoms with Crippen molar-refractivity contribution in [2.45, 2.75) is 18.4 Å². The van der Waals surface area contributed by atoms with Gasteiger partial charge in [-0.3, -0.25) is 14.6 Å². The molecular weight excluding hydrogens is 443 g/mol. The van der Waals surface area contributed by atoms with Gasteiger partial charge in [0.2, 0.25) is 0 Å². The highest BCUT2D eigenvalue weighted by atomic mass is 32.1. The van der Waals surface area contributed by atoms with Gasteiger partial charge in [-0.15, -0.1) is 12.6 Å². The molecule has 7 nitrogen and oxygen atoms in total. The molecule has 0 radical (unpaired) electrons. The van der Waals surface area contributed by atoms with Crippen molar-refractivity contribution in [1.29, 1.82) is 0 Å². The number of aromatic nitrogens is 2. The smallest absolute Gasteiger partial charge is 0.293 e. The maximum atomic E-state index is 14.7. The minimum atomic E-state index is -0.545. The van der Waals surface area contributed by atoms with Crippen LogP contribution >= 0.6 is 12.6 Å². The number of rotatable bonds is 8. The van der Waals surface area contributed by atoms with E-state index in [-0.39, 0.29) is 24.6 Å². The Morgan fingerprint density at radius 1 is 1.24 bits per heavy atom. The number of thiol groups is 1. The van der Waals surface area contributed by atoms with E-state index in [9.17, 15) is 9.18 Å². The van der Waals surface area contributed by atoms with Gasteiger partial charge in [0.05, 0.1) is 30.1 Å². The van der Waals surface area contributed by atoms with Crippen molar-refractivity contribution in [3.63, 3.8) is 0 Å². The van der Waals surface area contributed by atoms with Gasteiger partial charge in [-0.05, 0) is 48.4 Å². The van der Waals surface area contributed by atoms with Crippen molar-refractivity contribution in [2.75, 3.05) is 18.5 Å². The Hall–Kier alpha value is -3.40. The van der Waals surface area contributed by atoms with E-state index in [0.717, 1.165) is 21.5 Å². The Morgan fingerprint density at radius 2 is 2.09 bits per heavy atom. The molecule has 0 unspecified atom stereocenters. The monoisotopic (exact) mass is 466 g/mol. The third kappa shape index (κ3) is 5.00. The molecule has 0 bridgehead atoms. The van der Waals surface area contributed by atoms with E-state index in [1.54, 1.807) is 37.5 Å². The van der Waals surface area contributed by atoms with Gasteiger partial charge >= 0.3 is 0 Å². The normalized spacial score (nSPS) is 11.0. The molecule has 0 aliphatic rings. The average molecular weight is 467 g/mol. The first-order chi connectivity index (χ1) is 16.0. The highest BCUT2D eigenvalue weighted by Crippen LogP contribution is 2.34. The molecule has 0 aliphatic carbocycles. The summed E-state index contributed by atoms with van der Waals surface area (Å²) in [5.41, 5.74) is 5.66. The Labute approximate surface area is 195 Å². The first kappa shape index (κ1) is 22.8. The Kier molecular flexibility index (Phi) is 6.93. The third-order valence-electron chi connectivity index (χ3n) is 5.07. The van der Waals surface area contributed by atoms with Crippen LogP contribution in [0.2, 0.25) is 0 Å². The second-order valence-electron chi connectivity index (χ2n) is 7.48. The maximum absolute atomic E-state index is 14.7. The summed E-state index contributed by atoms with van der Waals surface area (Å²) in [5, 5.41) is 12.7. The molecule has 9 heteroatoms. The number of amides is 1. The Morgan fingerprint density at radius 3 is 2.85 bits per heavy atom. The summed E-state index contributed by atoms with van der Waals surface area (Å²) in [4.78, 5) is 23.3. The summed E-state index contributed by atoms with van der Waals surface area (Å²) in [6.45, 7) is 1.84. The molecule has 3 N–H and O–H groups in total. The molecular formula is C24H23FN4O3S. The molecule has 2 aromatic carbocycles. The van der Waals surface area contributed by atoms with E-state index in [0.29, 0.717) is 17.6 Å². The molecule has 0 saturated heterocycles. The van der Waals surface area contributed by atoms with Crippen LogP contribution in [0.3, 0.4) is 0 Å². The van der Waals surface area contributed by atoms with Gasteiger partial charge in [-0.1, -0.05) is 18.2 Å². The van der Waals surface area contributed by atoms with Crippen LogP contribution < -0.4 is 10.8 Å². The number of nitrogens with zero attached hydrogens (tertiary/aromatic N) is 2. The van der Waals surface area contributed by atoms with Gasteiger partial charge in [0.15, 0.2) is 0 Å². The van der Waals surface area contributed by atoms with Crippen LogP contribution in [0.15, 0.2) is 65.8 Å². The number of carbonyl (C=O) groups excluding carboxylic acids is 1. The molecule has 33 heavy (non-hydrogen) atoms. The lowest BCUT2D eigenvalue weighted by Crippen LogP contribution is -2.28. The fourth-order valence-electron chi connectivity index (χ4n) is 3.63. The minimum Gasteiger partial charge on any atom is -0.394 e. The lowest BCUT2D eigenvalue weighted by Gasteiger charge is -2.14. The number of aliphatic hydroxyl groups is 1. The fourth-order valence-corrected chi connectivity index (χ4v) is 3.88. The van der Waals surface area contributed by atoms with Crippen molar-refractivity contribution in [3.05, 3.63) is 83.6 Å². The molecule has 4 rings (SSSR count). The maximum Gasteiger partial charge on any atom is 0.293 e. The predicted octanol–water partition coefficient (Wildman–Crippen LogP) is 4.22. The highest BCUT2D eigenvalue weighted by Gasteiger charge is 2.24. The van der Waals surface area contributed by atoms with E-state index >= 15 is 0 Å². The van der Waals surface area contributed by atoms with E-state index in [1.165, 1.54) is 6.07 Å². The SMILES string of the molecule is Cc1ccc(Nc2c(C(=O)NOCCO)n(Cc3cccc(S)c3)c3ccncc23)c(F)c1. The van der Waals surface area contributed by atoms with Gasteiger partial charge in [-0.25, -0.2) is 9.87 Å². The van der Waals surface area contributed by atoms with E-state index < -0.39 is 11.7 Å². The number of hydrogen-bond acceptors (Lipinski definition) is 6. The van der Waals surface area contributed by atoms with Crippen molar-refractivity contribution >= 4 is 40.8 Å². The van der Waals surface area contributed by atoms with Crippen molar-refractivity contribution in [2.24, 2.45) is 0 Å². The van der Waals surface area contributed by atoms with Crippen LogP contribution in [0.25, 0.3) is 10.9 Å². The summed E-state index contributed by atoms with van der Waals surface area (Å²) < 4.78 is 16.5. The zero-order chi connectivity index (χ0) is 23.4. The van der Waals surface area contributed by atoms with Crippen LogP contribution in [0.1, 0.15) is 21.6 Å². The number of aliphatic hydroxyl groups excluding tert-OH is 1. The largest absolute Gasteiger partial charge is 0.394 e. The van der Waals surface area contributed by atoms with Crippen molar-refractivity contribution < 1.29 is 19.1 Å². The first-order valence-corrected chi connectivity index (χ1v) is 10.7. The highest BCUT2D eigenvalue weighted by molar-refractivity contribution is 7.80. The number of hydrogen-bond donors (Lipinski definition) is 4. The summed E-state index contributed by atoms with van der Waals surface area (Å²) >= 11 is 4.41. The standard InChI is InChI=1S/C24H23FN4O3S/c1-15-5-6-20(19(25)11-15)27-22-18-13-26-8-7-21(18)29(14-16-3-2-4-17(33)12-16)23(22)24(31)28-32-10-9-30/h2-8,11-13,27,30,33H,9-10,14H2,1H3,(H,28,31). The van der Waals surface area contributed by atoms with Gasteiger partial charge < -0.3 is 15.0 Å². The van der Waals surface area contributed by atoms with Gasteiger partial charge in [0, 0.05) is 29.2 Å². The topological polar surface area (TPSA) is 88.4 Å². The van der Waals surface area contributed by atoms with Crippen LogP contribution in [0.5, 0.6) is 0 Å². The predicted molar refractivity (Wildman–Crippen MR) is 127 cm³/mol. The van der Waals surface area contributed by atoms with Crippen molar-refractivity contribution in [3.8, 4) is 0 Å². The Balaban J connectivity index is 1.87. The lowest BCUT2D eigenvalue weighted by atomic mass is 10.2. The second kappa shape index (κ2) is 10.0. The first-order valence-electron chi connectivity index (χ1n) is 10.3. The number of aryl methyl sites for hydroxylation is 1. The van der Waals surface area contributed by atoms with Crippen LogP contribution in [0, 0.1) is 12.7 Å². The molecule has 0 saturated carbocycles. The van der Waals surface area contributed by atoms with Gasteiger partial charge in [0.1, 0.15) is 11.5 Å². The number of nitrogens with one attached hydrogen (secondary N) is 2. The number of hydroxylamine groups is 1. The molecule has 170 valence electrons. The number of carbonyl (C=O) groups is 1. The molecule has 2 heterocycles. The van der Waals surface area contributed by atoms with E-state index in [1.807, 2.05) is 28.8 Å². The summed E-state index contributed by atoms with van der Waals surface area (Å²) in [6, 6.07) is 14.2. The molecule has 4 aromatic rings. The Bertz CT molecular complexity index is 1310. The number of pyridine rings is 1. The summed E-state index contributed by atoms with van der Waals surface area (Å²) in [6.07, 6.45) is 3.26. The van der Waals surface area contributed by atoms with Crippen LogP contribution in [-0.2, 0) is 11.4 Å². The molecule has 0 atom stereocenters. The summed E-state index contributed by atoms with van der Waals surface area (Å²) in [5.74, 6) is -0.984. The van der Waals surface area contributed by atoms with Gasteiger partial charge in [0.25, 0.3) is 5.91 Å². The number of fused-ring (bicyclic) bond motifs is 1. The zero-order valence-corrected chi connectivity index (χ0v) is 18.8. The van der Waals surface area contributed by atoms with Crippen molar-refractivity contribution in [1.82, 2.24) is 15.0 Å². The van der Waals surface area contributed by atoms with E-state index in [4.69, 9.17) is 9.94 Å². The second-order valence-corrected chi connectivity index (χ2v) is 8.00. The van der Waals surface area contributed by atoms with Gasteiger partial charge in [-0.2, -0.15) is 0 Å². The fraction of sp³-hybridized carbons (Fsp3) is 0.167. The summed E-state index contributed by atoms with van der Waals surface area (Å²) in [7, 11) is 0. The number of halogens is 1. The molecule has 0 aliphatic heterocycles. The van der Waals surface area contributed by atoms with Crippen LogP contribution in [-0.4, -0.2) is 33.8 Å². The molecule has 0 spiro atoms. The quantitative estimate of drug-likeness (QED) is 0.177. The van der Waals surface area contributed by atoms with E-state index in [2.05, 4.69) is 28.4 Å². The molecule has 0 fully saturated rings.